The fourth-order valence-corrected chi connectivity index (χ4v) is 2.78. The van der Waals surface area contributed by atoms with Crippen LogP contribution >= 0.6 is 0 Å². The van der Waals surface area contributed by atoms with E-state index < -0.39 is 0 Å². The molecule has 16 heavy (non-hydrogen) atoms. The molecule has 0 aromatic rings. The second kappa shape index (κ2) is 5.46. The monoisotopic (exact) mass is 223 g/mol. The minimum Gasteiger partial charge on any atom is -0.343 e. The molecule has 0 N–H and O–H groups in total. The third-order valence-electron chi connectivity index (χ3n) is 3.85. The molecular formula is C13H21NO2. The molecule has 1 heterocycles. The molecule has 2 rings (SSSR count). The average Bonchev–Trinajstić information content (AvgIpc) is 2.56. The Kier molecular flexibility index (Phi) is 3.97. The standard InChI is InChI=1S/C13H21NO2/c15-12-6-4-5-11(12)8-10-14-9-3-1-2-7-13(14)16/h11H,1-10H2. The fraction of sp³-hybridized carbons (Fsp3) is 0.846. The molecule has 0 aromatic carbocycles. The predicted molar refractivity (Wildman–Crippen MR) is 62.0 cm³/mol. The van der Waals surface area contributed by atoms with Crippen LogP contribution in [0, 0.1) is 5.92 Å². The highest BCUT2D eigenvalue weighted by Gasteiger charge is 2.25. The quantitative estimate of drug-likeness (QED) is 0.735. The van der Waals surface area contributed by atoms with Crippen molar-refractivity contribution in [3.8, 4) is 0 Å². The van der Waals surface area contributed by atoms with Crippen LogP contribution in [0.3, 0.4) is 0 Å². The zero-order chi connectivity index (χ0) is 11.4. The Balaban J connectivity index is 1.79. The second-order valence-electron chi connectivity index (χ2n) is 5.04. The highest BCUT2D eigenvalue weighted by Crippen LogP contribution is 2.25. The molecule has 1 saturated heterocycles. The average molecular weight is 223 g/mol. The summed E-state index contributed by atoms with van der Waals surface area (Å²) in [6.07, 6.45) is 7.80. The third kappa shape index (κ3) is 2.83. The summed E-state index contributed by atoms with van der Waals surface area (Å²) in [7, 11) is 0. The first-order valence-corrected chi connectivity index (χ1v) is 6.58. The molecule has 3 nitrogen and oxygen atoms in total. The Morgan fingerprint density at radius 2 is 1.94 bits per heavy atom. The van der Waals surface area contributed by atoms with Gasteiger partial charge in [-0.3, -0.25) is 9.59 Å². The van der Waals surface area contributed by atoms with Crippen molar-refractivity contribution in [2.45, 2.75) is 51.4 Å². The molecule has 0 spiro atoms. The lowest BCUT2D eigenvalue weighted by molar-refractivity contribution is -0.131. The maximum absolute atomic E-state index is 11.7. The van der Waals surface area contributed by atoms with Gasteiger partial charge in [-0.15, -0.1) is 0 Å². The van der Waals surface area contributed by atoms with E-state index in [1.165, 1.54) is 6.42 Å². The van der Waals surface area contributed by atoms with Crippen molar-refractivity contribution in [3.63, 3.8) is 0 Å². The Morgan fingerprint density at radius 1 is 1.06 bits per heavy atom. The number of carbonyl (C=O) groups excluding carboxylic acids is 2. The zero-order valence-electron chi connectivity index (χ0n) is 9.91. The van der Waals surface area contributed by atoms with E-state index in [1.54, 1.807) is 0 Å². The van der Waals surface area contributed by atoms with E-state index in [9.17, 15) is 9.59 Å². The number of likely N-dealkylation sites (tertiary alicyclic amines) is 1. The van der Waals surface area contributed by atoms with Crippen LogP contribution in [0.25, 0.3) is 0 Å². The maximum Gasteiger partial charge on any atom is 0.222 e. The van der Waals surface area contributed by atoms with Crippen LogP contribution in [-0.4, -0.2) is 29.7 Å². The molecule has 1 aliphatic heterocycles. The summed E-state index contributed by atoms with van der Waals surface area (Å²) in [4.78, 5) is 25.2. The fourth-order valence-electron chi connectivity index (χ4n) is 2.78. The largest absolute Gasteiger partial charge is 0.343 e. The molecule has 90 valence electrons. The SMILES string of the molecule is O=C1CCCC1CCN1CCCCCC1=O. The molecule has 1 atom stereocenters. The van der Waals surface area contributed by atoms with E-state index in [1.807, 2.05) is 4.90 Å². The van der Waals surface area contributed by atoms with E-state index in [-0.39, 0.29) is 5.92 Å². The first-order valence-electron chi connectivity index (χ1n) is 6.58. The molecule has 0 bridgehead atoms. The molecule has 0 aromatic heterocycles. The van der Waals surface area contributed by atoms with E-state index in [0.29, 0.717) is 18.1 Å². The number of Topliss-reactive ketones (excluding diaryl/α,β-unsaturated/α-hetero) is 1. The van der Waals surface area contributed by atoms with Crippen molar-refractivity contribution in [2.24, 2.45) is 5.92 Å². The number of nitrogens with zero attached hydrogens (tertiary/aromatic N) is 1. The lowest BCUT2D eigenvalue weighted by Gasteiger charge is -2.21. The predicted octanol–water partition coefficient (Wildman–Crippen LogP) is 2.15. The maximum atomic E-state index is 11.7. The minimum atomic E-state index is 0.246. The van der Waals surface area contributed by atoms with Gasteiger partial charge in [0.2, 0.25) is 5.91 Å². The van der Waals surface area contributed by atoms with Gasteiger partial charge in [0.25, 0.3) is 0 Å². The Morgan fingerprint density at radius 3 is 2.69 bits per heavy atom. The van der Waals surface area contributed by atoms with Crippen LogP contribution < -0.4 is 0 Å². The van der Waals surface area contributed by atoms with Crippen LogP contribution in [0.2, 0.25) is 0 Å². The molecule has 1 amide bonds. The Hall–Kier alpha value is -0.860. The van der Waals surface area contributed by atoms with Gasteiger partial charge in [0, 0.05) is 31.8 Å². The van der Waals surface area contributed by atoms with E-state index in [4.69, 9.17) is 0 Å². The molecular weight excluding hydrogens is 202 g/mol. The lowest BCUT2D eigenvalue weighted by Crippen LogP contribution is -2.32. The minimum absolute atomic E-state index is 0.246. The Bertz CT molecular complexity index is 275. The summed E-state index contributed by atoms with van der Waals surface area (Å²) in [5.41, 5.74) is 0. The zero-order valence-corrected chi connectivity index (χ0v) is 9.91. The summed E-state index contributed by atoms with van der Waals surface area (Å²) in [6, 6.07) is 0. The van der Waals surface area contributed by atoms with E-state index in [2.05, 4.69) is 0 Å². The summed E-state index contributed by atoms with van der Waals surface area (Å²) < 4.78 is 0. The molecule has 1 aliphatic carbocycles. The molecule has 2 aliphatic rings. The van der Waals surface area contributed by atoms with Gasteiger partial charge in [0.1, 0.15) is 5.78 Å². The van der Waals surface area contributed by atoms with Gasteiger partial charge in [-0.1, -0.05) is 6.42 Å². The van der Waals surface area contributed by atoms with Crippen molar-refractivity contribution >= 4 is 11.7 Å². The highest BCUT2D eigenvalue weighted by molar-refractivity contribution is 5.83. The van der Waals surface area contributed by atoms with Crippen molar-refractivity contribution in [1.82, 2.24) is 4.90 Å². The van der Waals surface area contributed by atoms with Gasteiger partial charge < -0.3 is 4.90 Å². The van der Waals surface area contributed by atoms with Crippen LogP contribution in [0.4, 0.5) is 0 Å². The summed E-state index contributed by atoms with van der Waals surface area (Å²) >= 11 is 0. The van der Waals surface area contributed by atoms with Crippen molar-refractivity contribution in [1.29, 1.82) is 0 Å². The molecule has 1 saturated carbocycles. The van der Waals surface area contributed by atoms with Gasteiger partial charge in [-0.25, -0.2) is 0 Å². The summed E-state index contributed by atoms with van der Waals surface area (Å²) in [6.45, 7) is 1.70. The van der Waals surface area contributed by atoms with Crippen molar-refractivity contribution in [3.05, 3.63) is 0 Å². The highest BCUT2D eigenvalue weighted by atomic mass is 16.2. The van der Waals surface area contributed by atoms with Gasteiger partial charge in [0.15, 0.2) is 0 Å². The van der Waals surface area contributed by atoms with Gasteiger partial charge in [-0.2, -0.15) is 0 Å². The normalized spacial score (nSPS) is 27.2. The first kappa shape index (κ1) is 11.6. The number of hydrogen-bond donors (Lipinski definition) is 0. The Labute approximate surface area is 97.2 Å². The topological polar surface area (TPSA) is 37.4 Å². The van der Waals surface area contributed by atoms with Crippen LogP contribution in [0.1, 0.15) is 51.4 Å². The van der Waals surface area contributed by atoms with Gasteiger partial charge in [0.05, 0.1) is 0 Å². The number of ketones is 1. The molecule has 2 fully saturated rings. The van der Waals surface area contributed by atoms with Gasteiger partial charge in [-0.05, 0) is 32.1 Å². The number of rotatable bonds is 3. The van der Waals surface area contributed by atoms with E-state index >= 15 is 0 Å². The lowest BCUT2D eigenvalue weighted by atomic mass is 10.0. The van der Waals surface area contributed by atoms with Gasteiger partial charge >= 0.3 is 0 Å². The smallest absolute Gasteiger partial charge is 0.222 e. The third-order valence-corrected chi connectivity index (χ3v) is 3.85. The molecule has 0 radical (unpaired) electrons. The van der Waals surface area contributed by atoms with Crippen molar-refractivity contribution < 1.29 is 9.59 Å². The van der Waals surface area contributed by atoms with Crippen LogP contribution in [0.15, 0.2) is 0 Å². The first-order chi connectivity index (χ1) is 7.77. The number of carbonyl (C=O) groups is 2. The van der Waals surface area contributed by atoms with Crippen molar-refractivity contribution in [2.75, 3.05) is 13.1 Å². The molecule has 1 unspecified atom stereocenters. The van der Waals surface area contributed by atoms with E-state index in [0.717, 1.165) is 51.6 Å². The van der Waals surface area contributed by atoms with Crippen LogP contribution in [0.5, 0.6) is 0 Å². The number of hydrogen-bond acceptors (Lipinski definition) is 2. The number of amides is 1. The summed E-state index contributed by atoms with van der Waals surface area (Å²) in [5, 5.41) is 0. The summed E-state index contributed by atoms with van der Waals surface area (Å²) in [5.74, 6) is 0.960. The molecule has 3 heteroatoms. The second-order valence-corrected chi connectivity index (χ2v) is 5.04. The van der Waals surface area contributed by atoms with Crippen LogP contribution in [-0.2, 0) is 9.59 Å².